The predicted molar refractivity (Wildman–Crippen MR) is 75.6 cm³/mol. The van der Waals surface area contributed by atoms with Crippen LogP contribution in [0.2, 0.25) is 0 Å². The highest BCUT2D eigenvalue weighted by Crippen LogP contribution is 2.23. The fourth-order valence-corrected chi connectivity index (χ4v) is 1.88. The first kappa shape index (κ1) is 18.8. The average molecular weight is 286 g/mol. The van der Waals surface area contributed by atoms with Crippen molar-refractivity contribution in [2.24, 2.45) is 5.41 Å². The molecule has 0 aliphatic heterocycles. The van der Waals surface area contributed by atoms with E-state index < -0.39 is 5.97 Å². The van der Waals surface area contributed by atoms with Gasteiger partial charge in [-0.15, -0.1) is 0 Å². The van der Waals surface area contributed by atoms with Crippen LogP contribution in [0.25, 0.3) is 0 Å². The Labute approximate surface area is 120 Å². The maximum Gasteiger partial charge on any atom is 0.305 e. The molecule has 0 rings (SSSR count). The molecule has 0 aliphatic carbocycles. The van der Waals surface area contributed by atoms with Gasteiger partial charge in [-0.25, -0.2) is 0 Å². The monoisotopic (exact) mass is 286 g/mol. The second kappa shape index (κ2) is 8.84. The lowest BCUT2D eigenvalue weighted by atomic mass is 9.87. The van der Waals surface area contributed by atoms with Crippen LogP contribution in [0.4, 0.5) is 0 Å². The smallest absolute Gasteiger partial charge is 0.305 e. The third kappa shape index (κ3) is 10.7. The number of carbonyl (C=O) groups is 3. The van der Waals surface area contributed by atoms with Crippen molar-refractivity contribution in [3.63, 3.8) is 0 Å². The van der Waals surface area contributed by atoms with Crippen LogP contribution >= 0.6 is 0 Å². The van der Waals surface area contributed by atoms with Gasteiger partial charge in [0.25, 0.3) is 0 Å². The van der Waals surface area contributed by atoms with E-state index in [2.05, 4.69) is 0 Å². The highest BCUT2D eigenvalue weighted by Gasteiger charge is 2.23. The molecular formula is C15H26O5. The summed E-state index contributed by atoms with van der Waals surface area (Å²) < 4.78 is 5.47. The molecule has 5 nitrogen and oxygen atoms in total. The summed E-state index contributed by atoms with van der Waals surface area (Å²) in [4.78, 5) is 33.1. The van der Waals surface area contributed by atoms with Crippen molar-refractivity contribution in [1.82, 2.24) is 0 Å². The molecule has 0 aromatic heterocycles. The van der Waals surface area contributed by atoms with Crippen molar-refractivity contribution >= 4 is 17.5 Å². The zero-order chi connectivity index (χ0) is 15.8. The number of carbonyl (C=O) groups excluding carboxylic acids is 2. The number of aliphatic carboxylic acids is 1. The zero-order valence-electron chi connectivity index (χ0n) is 12.9. The van der Waals surface area contributed by atoms with Crippen molar-refractivity contribution in [2.75, 3.05) is 6.61 Å². The van der Waals surface area contributed by atoms with Gasteiger partial charge in [0.2, 0.25) is 0 Å². The first-order valence-corrected chi connectivity index (χ1v) is 6.97. The number of rotatable bonds is 11. The van der Waals surface area contributed by atoms with E-state index in [0.717, 1.165) is 0 Å². The Bertz CT molecular complexity index is 346. The molecule has 116 valence electrons. The predicted octanol–water partition coefficient (Wildman–Crippen LogP) is 2.61. The van der Waals surface area contributed by atoms with Crippen LogP contribution in [0, 0.1) is 5.41 Å². The maximum absolute atomic E-state index is 11.8. The number of carboxylic acids is 1. The van der Waals surface area contributed by atoms with Crippen LogP contribution in [-0.2, 0) is 19.1 Å². The Morgan fingerprint density at radius 3 is 2.30 bits per heavy atom. The van der Waals surface area contributed by atoms with Gasteiger partial charge in [-0.3, -0.25) is 9.59 Å². The molecule has 0 radical (unpaired) electrons. The van der Waals surface area contributed by atoms with Crippen molar-refractivity contribution in [1.29, 1.82) is 0 Å². The fraction of sp³-hybridized carbons (Fsp3) is 0.800. The van der Waals surface area contributed by atoms with E-state index in [4.69, 9.17) is 9.84 Å². The molecule has 0 spiro atoms. The topological polar surface area (TPSA) is 80.7 Å². The Kier molecular flexibility index (Phi) is 8.30. The number of hydrogen-bond donors (Lipinski definition) is 1. The number of hydrogen-bond acceptors (Lipinski definition) is 4. The molecule has 0 aliphatic rings. The van der Waals surface area contributed by atoms with Crippen LogP contribution in [0.15, 0.2) is 0 Å². The van der Waals surface area contributed by atoms with E-state index in [9.17, 15) is 14.4 Å². The van der Waals surface area contributed by atoms with Gasteiger partial charge < -0.3 is 14.6 Å². The summed E-state index contributed by atoms with van der Waals surface area (Å²) in [6, 6.07) is 0. The van der Waals surface area contributed by atoms with Gasteiger partial charge >= 0.3 is 5.97 Å². The lowest BCUT2D eigenvalue weighted by molar-refractivity contribution is -0.141. The first-order valence-electron chi connectivity index (χ1n) is 6.97. The molecule has 5 heteroatoms. The lowest BCUT2D eigenvalue weighted by Gasteiger charge is -2.25. The quantitative estimate of drug-likeness (QED) is 0.631. The molecule has 0 bridgehead atoms. The molecular weight excluding hydrogens is 260 g/mol. The van der Waals surface area contributed by atoms with Gasteiger partial charge in [-0.2, -0.15) is 0 Å². The molecule has 0 aromatic rings. The Balaban J connectivity index is 4.01. The summed E-state index contributed by atoms with van der Waals surface area (Å²) in [5.74, 6) is -0.677. The SMILES string of the molecule is CC(=O)CCCC(=O)CC(C)(C)COC(C)CC(=O)O. The fourth-order valence-electron chi connectivity index (χ4n) is 1.88. The van der Waals surface area contributed by atoms with Gasteiger partial charge in [0, 0.05) is 19.3 Å². The van der Waals surface area contributed by atoms with Crippen LogP contribution in [0.5, 0.6) is 0 Å². The van der Waals surface area contributed by atoms with Gasteiger partial charge in [0.1, 0.15) is 11.6 Å². The largest absolute Gasteiger partial charge is 0.481 e. The van der Waals surface area contributed by atoms with Crippen LogP contribution in [0.3, 0.4) is 0 Å². The Morgan fingerprint density at radius 2 is 1.80 bits per heavy atom. The number of Topliss-reactive ketones (excluding diaryl/α,β-unsaturated/α-hetero) is 2. The van der Waals surface area contributed by atoms with E-state index >= 15 is 0 Å². The molecule has 0 saturated heterocycles. The maximum atomic E-state index is 11.8. The minimum absolute atomic E-state index is 0.0390. The van der Waals surface area contributed by atoms with E-state index in [0.29, 0.717) is 32.3 Å². The summed E-state index contributed by atoms with van der Waals surface area (Å²) in [5, 5.41) is 8.64. The summed E-state index contributed by atoms with van der Waals surface area (Å²) in [5.41, 5.74) is -0.319. The number of ketones is 2. The molecule has 1 unspecified atom stereocenters. The van der Waals surface area contributed by atoms with Gasteiger partial charge in [-0.05, 0) is 25.7 Å². The third-order valence-corrected chi connectivity index (χ3v) is 2.88. The molecule has 0 fully saturated rings. The summed E-state index contributed by atoms with van der Waals surface area (Å²) in [6.07, 6.45) is 1.43. The van der Waals surface area contributed by atoms with E-state index in [1.807, 2.05) is 13.8 Å². The normalized spacial score (nSPS) is 13.0. The van der Waals surface area contributed by atoms with Crippen LogP contribution in [-0.4, -0.2) is 35.4 Å². The highest BCUT2D eigenvalue weighted by molar-refractivity contribution is 5.80. The zero-order valence-corrected chi connectivity index (χ0v) is 12.9. The lowest BCUT2D eigenvalue weighted by Crippen LogP contribution is -2.26. The van der Waals surface area contributed by atoms with Crippen molar-refractivity contribution in [2.45, 2.75) is 65.9 Å². The van der Waals surface area contributed by atoms with Crippen molar-refractivity contribution in [3.05, 3.63) is 0 Å². The van der Waals surface area contributed by atoms with E-state index in [1.165, 1.54) is 6.92 Å². The standard InChI is InChI=1S/C15H26O5/c1-11(16)6-5-7-13(17)9-15(3,4)10-20-12(2)8-14(18)19/h12H,5-10H2,1-4H3,(H,18,19). The second-order valence-electron chi connectivity index (χ2n) is 6.15. The van der Waals surface area contributed by atoms with E-state index in [1.54, 1.807) is 6.92 Å². The van der Waals surface area contributed by atoms with Crippen LogP contribution < -0.4 is 0 Å². The summed E-state index contributed by atoms with van der Waals surface area (Å²) in [7, 11) is 0. The Morgan fingerprint density at radius 1 is 1.20 bits per heavy atom. The van der Waals surface area contributed by atoms with E-state index in [-0.39, 0.29) is 29.5 Å². The number of carboxylic acid groups (broad SMARTS) is 1. The van der Waals surface area contributed by atoms with Crippen molar-refractivity contribution < 1.29 is 24.2 Å². The van der Waals surface area contributed by atoms with Crippen LogP contribution in [0.1, 0.15) is 59.8 Å². The minimum Gasteiger partial charge on any atom is -0.481 e. The Hall–Kier alpha value is -1.23. The minimum atomic E-state index is -0.893. The molecule has 0 aromatic carbocycles. The summed E-state index contributed by atoms with van der Waals surface area (Å²) >= 11 is 0. The summed E-state index contributed by atoms with van der Waals surface area (Å²) in [6.45, 7) is 7.41. The molecule has 0 amide bonds. The highest BCUT2D eigenvalue weighted by atomic mass is 16.5. The third-order valence-electron chi connectivity index (χ3n) is 2.88. The average Bonchev–Trinajstić information content (AvgIpc) is 2.24. The van der Waals surface area contributed by atoms with Gasteiger partial charge in [0.15, 0.2) is 0 Å². The molecule has 0 heterocycles. The number of ether oxygens (including phenoxy) is 1. The molecule has 0 saturated carbocycles. The molecule has 20 heavy (non-hydrogen) atoms. The second-order valence-corrected chi connectivity index (χ2v) is 6.15. The molecule has 1 atom stereocenters. The van der Waals surface area contributed by atoms with Gasteiger partial charge in [0.05, 0.1) is 19.1 Å². The van der Waals surface area contributed by atoms with Gasteiger partial charge in [-0.1, -0.05) is 13.8 Å². The molecule has 1 N–H and O–H groups in total. The first-order chi connectivity index (χ1) is 9.12. The van der Waals surface area contributed by atoms with Crippen molar-refractivity contribution in [3.8, 4) is 0 Å².